The van der Waals surface area contributed by atoms with Gasteiger partial charge in [0.15, 0.2) is 0 Å². The molecule has 1 fully saturated rings. The highest BCUT2D eigenvalue weighted by molar-refractivity contribution is 6.31. The maximum atomic E-state index is 12.6. The highest BCUT2D eigenvalue weighted by atomic mass is 35.5. The van der Waals surface area contributed by atoms with Crippen LogP contribution in [0.3, 0.4) is 0 Å². The molecule has 24 heavy (non-hydrogen) atoms. The second kappa shape index (κ2) is 7.15. The highest BCUT2D eigenvalue weighted by Gasteiger charge is 2.20. The lowest BCUT2D eigenvalue weighted by Gasteiger charge is -2.26. The summed E-state index contributed by atoms with van der Waals surface area (Å²) in [5.74, 6) is 0.284. The lowest BCUT2D eigenvalue weighted by molar-refractivity contribution is 0.0299. The lowest BCUT2D eigenvalue weighted by Crippen LogP contribution is -2.41. The second-order valence-corrected chi connectivity index (χ2v) is 6.07. The van der Waals surface area contributed by atoms with Gasteiger partial charge in [-0.1, -0.05) is 17.7 Å². The molecule has 0 bridgehead atoms. The number of ether oxygens (including phenoxy) is 1. The van der Waals surface area contributed by atoms with Crippen LogP contribution < -0.4 is 5.32 Å². The molecular formula is C17H19ClN4O2. The summed E-state index contributed by atoms with van der Waals surface area (Å²) in [7, 11) is 0. The van der Waals surface area contributed by atoms with Crippen LogP contribution in [0.1, 0.15) is 21.7 Å². The van der Waals surface area contributed by atoms with Crippen LogP contribution in [0.5, 0.6) is 0 Å². The first-order valence-electron chi connectivity index (χ1n) is 7.79. The van der Waals surface area contributed by atoms with Crippen LogP contribution in [0.2, 0.25) is 5.02 Å². The first-order chi connectivity index (χ1) is 11.5. The van der Waals surface area contributed by atoms with Gasteiger partial charge in [-0.05, 0) is 37.6 Å². The molecular weight excluding hydrogens is 328 g/mol. The van der Waals surface area contributed by atoms with Crippen molar-refractivity contribution in [2.24, 2.45) is 0 Å². The molecule has 3 rings (SSSR count). The number of carbonyl (C=O) groups is 1. The molecule has 0 atom stereocenters. The summed E-state index contributed by atoms with van der Waals surface area (Å²) in [6.07, 6.45) is 0. The van der Waals surface area contributed by atoms with E-state index in [4.69, 9.17) is 16.3 Å². The molecule has 1 aromatic heterocycles. The molecule has 1 amide bonds. The number of morpholine rings is 1. The van der Waals surface area contributed by atoms with E-state index >= 15 is 0 Å². The highest BCUT2D eigenvalue weighted by Crippen LogP contribution is 2.25. The Morgan fingerprint density at radius 2 is 2.00 bits per heavy atom. The number of anilines is 2. The van der Waals surface area contributed by atoms with Gasteiger partial charge in [-0.15, -0.1) is 0 Å². The number of hydrogen-bond acceptors (Lipinski definition) is 5. The van der Waals surface area contributed by atoms with Crippen LogP contribution in [0.25, 0.3) is 0 Å². The van der Waals surface area contributed by atoms with Crippen molar-refractivity contribution in [3.05, 3.63) is 46.2 Å². The van der Waals surface area contributed by atoms with Crippen molar-refractivity contribution in [3.63, 3.8) is 0 Å². The van der Waals surface area contributed by atoms with E-state index in [1.54, 1.807) is 11.0 Å². The van der Waals surface area contributed by atoms with Gasteiger partial charge in [-0.25, -0.2) is 9.97 Å². The van der Waals surface area contributed by atoms with Gasteiger partial charge >= 0.3 is 0 Å². The van der Waals surface area contributed by atoms with Gasteiger partial charge in [0.05, 0.1) is 13.2 Å². The fraction of sp³-hybridized carbons (Fsp3) is 0.353. The van der Waals surface area contributed by atoms with E-state index in [-0.39, 0.29) is 5.91 Å². The molecule has 7 heteroatoms. The fourth-order valence-corrected chi connectivity index (χ4v) is 2.70. The summed E-state index contributed by atoms with van der Waals surface area (Å²) in [5, 5.41) is 3.81. The average Bonchev–Trinajstić information content (AvgIpc) is 2.58. The molecule has 1 aliphatic heterocycles. The van der Waals surface area contributed by atoms with Crippen molar-refractivity contribution in [3.8, 4) is 0 Å². The number of carbonyl (C=O) groups excluding carboxylic acids is 1. The van der Waals surface area contributed by atoms with Gasteiger partial charge in [0.25, 0.3) is 5.91 Å². The van der Waals surface area contributed by atoms with Gasteiger partial charge in [0, 0.05) is 29.5 Å². The summed E-state index contributed by atoms with van der Waals surface area (Å²) in [6, 6.07) is 7.28. The van der Waals surface area contributed by atoms with Crippen LogP contribution in [-0.2, 0) is 4.74 Å². The normalized spacial score (nSPS) is 14.5. The summed E-state index contributed by atoms with van der Waals surface area (Å²) < 4.78 is 5.29. The molecule has 1 aromatic carbocycles. The maximum absolute atomic E-state index is 12.6. The van der Waals surface area contributed by atoms with E-state index in [0.29, 0.717) is 43.0 Å². The number of nitrogens with one attached hydrogen (secondary N) is 1. The average molecular weight is 347 g/mol. The van der Waals surface area contributed by atoms with Gasteiger partial charge in [-0.2, -0.15) is 0 Å². The number of aryl methyl sites for hydroxylation is 1. The molecule has 0 spiro atoms. The van der Waals surface area contributed by atoms with Crippen molar-refractivity contribution in [1.82, 2.24) is 14.9 Å². The van der Waals surface area contributed by atoms with E-state index in [9.17, 15) is 4.79 Å². The molecule has 1 saturated heterocycles. The van der Waals surface area contributed by atoms with Crippen LogP contribution in [0, 0.1) is 13.8 Å². The standard InChI is InChI=1S/C17H19ClN4O2/c1-11-10-15(16(23)22-6-8-24-9-7-22)21-17(19-11)20-14-5-3-4-13(18)12(14)2/h3-5,10H,6-9H2,1-2H3,(H,19,20,21). The van der Waals surface area contributed by atoms with Gasteiger partial charge in [0.1, 0.15) is 5.69 Å². The Labute approximate surface area is 145 Å². The molecule has 6 nitrogen and oxygen atoms in total. The molecule has 1 aliphatic rings. The third kappa shape index (κ3) is 3.66. The quantitative estimate of drug-likeness (QED) is 0.925. The van der Waals surface area contributed by atoms with Crippen LogP contribution in [0.4, 0.5) is 11.6 Å². The van der Waals surface area contributed by atoms with Gasteiger partial charge in [-0.3, -0.25) is 4.79 Å². The third-order valence-electron chi connectivity index (χ3n) is 3.89. The molecule has 2 aromatic rings. The molecule has 0 aliphatic carbocycles. The number of hydrogen-bond donors (Lipinski definition) is 1. The Kier molecular flexibility index (Phi) is 4.97. The number of halogens is 1. The number of amides is 1. The first kappa shape index (κ1) is 16.7. The Morgan fingerprint density at radius 1 is 1.25 bits per heavy atom. The largest absolute Gasteiger partial charge is 0.378 e. The summed E-state index contributed by atoms with van der Waals surface area (Å²) in [4.78, 5) is 23.1. The van der Waals surface area contributed by atoms with Crippen molar-refractivity contribution in [2.75, 3.05) is 31.6 Å². The molecule has 1 N–H and O–H groups in total. The predicted octanol–water partition coefficient (Wildman–Crippen LogP) is 2.96. The molecule has 0 saturated carbocycles. The Balaban J connectivity index is 1.86. The third-order valence-corrected chi connectivity index (χ3v) is 4.30. The number of aromatic nitrogens is 2. The Hall–Kier alpha value is -2.18. The molecule has 0 unspecified atom stereocenters. The lowest BCUT2D eigenvalue weighted by atomic mass is 10.2. The second-order valence-electron chi connectivity index (χ2n) is 5.66. The zero-order chi connectivity index (χ0) is 17.1. The predicted molar refractivity (Wildman–Crippen MR) is 93.0 cm³/mol. The summed E-state index contributed by atoms with van der Waals surface area (Å²) in [5.41, 5.74) is 2.83. The first-order valence-corrected chi connectivity index (χ1v) is 8.17. The SMILES string of the molecule is Cc1cc(C(=O)N2CCOCC2)nc(Nc2cccc(Cl)c2C)n1. The minimum Gasteiger partial charge on any atom is -0.378 e. The molecule has 2 heterocycles. The fourth-order valence-electron chi connectivity index (χ4n) is 2.53. The Bertz CT molecular complexity index is 760. The smallest absolute Gasteiger partial charge is 0.272 e. The summed E-state index contributed by atoms with van der Waals surface area (Å²) in [6.45, 7) is 6.04. The molecule has 126 valence electrons. The van der Waals surface area contributed by atoms with E-state index in [1.165, 1.54) is 0 Å². The molecule has 0 radical (unpaired) electrons. The number of benzene rings is 1. The van der Waals surface area contributed by atoms with Crippen molar-refractivity contribution < 1.29 is 9.53 Å². The van der Waals surface area contributed by atoms with Gasteiger partial charge in [0.2, 0.25) is 5.95 Å². The summed E-state index contributed by atoms with van der Waals surface area (Å²) >= 11 is 6.14. The topological polar surface area (TPSA) is 67.4 Å². The minimum absolute atomic E-state index is 0.102. The van der Waals surface area contributed by atoms with E-state index in [2.05, 4.69) is 15.3 Å². The zero-order valence-electron chi connectivity index (χ0n) is 13.7. The van der Waals surface area contributed by atoms with Crippen molar-refractivity contribution >= 4 is 29.1 Å². The van der Waals surface area contributed by atoms with Crippen LogP contribution >= 0.6 is 11.6 Å². The monoisotopic (exact) mass is 346 g/mol. The number of rotatable bonds is 3. The van der Waals surface area contributed by atoms with Crippen molar-refractivity contribution in [2.45, 2.75) is 13.8 Å². The number of nitrogens with zero attached hydrogens (tertiary/aromatic N) is 3. The van der Waals surface area contributed by atoms with E-state index < -0.39 is 0 Å². The van der Waals surface area contributed by atoms with E-state index in [1.807, 2.05) is 32.0 Å². The Morgan fingerprint density at radius 3 is 2.75 bits per heavy atom. The maximum Gasteiger partial charge on any atom is 0.272 e. The van der Waals surface area contributed by atoms with E-state index in [0.717, 1.165) is 16.9 Å². The van der Waals surface area contributed by atoms with Crippen LogP contribution in [-0.4, -0.2) is 47.1 Å². The van der Waals surface area contributed by atoms with Crippen LogP contribution in [0.15, 0.2) is 24.3 Å². The minimum atomic E-state index is -0.102. The van der Waals surface area contributed by atoms with Crippen molar-refractivity contribution in [1.29, 1.82) is 0 Å². The zero-order valence-corrected chi connectivity index (χ0v) is 14.4. The van der Waals surface area contributed by atoms with Gasteiger partial charge < -0.3 is 15.0 Å².